The first-order valence-electron chi connectivity index (χ1n) is 6.18. The maximum atomic E-state index is 11.8. The van der Waals surface area contributed by atoms with Gasteiger partial charge in [0.05, 0.1) is 0 Å². The third kappa shape index (κ3) is 5.35. The highest BCUT2D eigenvalue weighted by molar-refractivity contribution is 5.80. The van der Waals surface area contributed by atoms with E-state index in [4.69, 9.17) is 4.74 Å². The molecule has 0 radical (unpaired) electrons. The summed E-state index contributed by atoms with van der Waals surface area (Å²) in [7, 11) is 0. The van der Waals surface area contributed by atoms with E-state index < -0.39 is 17.8 Å². The van der Waals surface area contributed by atoms with Crippen LogP contribution in [0.1, 0.15) is 27.7 Å². The average Bonchev–Trinajstić information content (AvgIpc) is 2.39. The molecular formula is C12H22N2O4. The summed E-state index contributed by atoms with van der Waals surface area (Å²) in [6, 6.07) is 0. The fraction of sp³-hybridized carbons (Fsp3) is 0.833. The molecule has 104 valence electrons. The van der Waals surface area contributed by atoms with E-state index in [1.54, 1.807) is 20.8 Å². The predicted molar refractivity (Wildman–Crippen MR) is 66.3 cm³/mol. The zero-order valence-corrected chi connectivity index (χ0v) is 11.5. The van der Waals surface area contributed by atoms with Gasteiger partial charge in [-0.2, -0.15) is 0 Å². The fourth-order valence-corrected chi connectivity index (χ4v) is 1.67. The Morgan fingerprint density at radius 3 is 2.61 bits per heavy atom. The maximum absolute atomic E-state index is 11.8. The van der Waals surface area contributed by atoms with Crippen molar-refractivity contribution in [3.05, 3.63) is 0 Å². The second-order valence-corrected chi connectivity index (χ2v) is 5.59. The van der Waals surface area contributed by atoms with Crippen molar-refractivity contribution in [2.45, 2.75) is 33.3 Å². The van der Waals surface area contributed by atoms with E-state index in [0.29, 0.717) is 25.6 Å². The van der Waals surface area contributed by atoms with Gasteiger partial charge in [-0.25, -0.2) is 9.59 Å². The normalized spacial score (nSPS) is 21.1. The zero-order chi connectivity index (χ0) is 13.8. The van der Waals surface area contributed by atoms with E-state index in [2.05, 4.69) is 10.1 Å². The van der Waals surface area contributed by atoms with Gasteiger partial charge in [0.1, 0.15) is 5.60 Å². The Balaban J connectivity index is 2.46. The highest BCUT2D eigenvalue weighted by Crippen LogP contribution is 2.10. The van der Waals surface area contributed by atoms with Crippen LogP contribution in [0.5, 0.6) is 0 Å². The average molecular weight is 258 g/mol. The molecular weight excluding hydrogens is 236 g/mol. The molecule has 0 saturated carbocycles. The lowest BCUT2D eigenvalue weighted by Crippen LogP contribution is -2.38. The van der Waals surface area contributed by atoms with Gasteiger partial charge in [0, 0.05) is 19.6 Å². The van der Waals surface area contributed by atoms with Crippen LogP contribution in [0.2, 0.25) is 0 Å². The van der Waals surface area contributed by atoms with Crippen molar-refractivity contribution in [1.29, 1.82) is 0 Å². The van der Waals surface area contributed by atoms with Crippen LogP contribution >= 0.6 is 0 Å². The molecule has 0 aromatic heterocycles. The lowest BCUT2D eigenvalue weighted by atomic mass is 10.2. The van der Waals surface area contributed by atoms with Gasteiger partial charge in [0.2, 0.25) is 0 Å². The Hall–Kier alpha value is -1.30. The standard InChI is InChI=1S/C12H22N2O4/c1-9-7-13-5-6-14(8-9)10(15)17-11(16)18-12(2,3)4/h9,13H,5-8H2,1-4H3. The highest BCUT2D eigenvalue weighted by atomic mass is 16.8. The SMILES string of the molecule is CC1CNCCN(C(=O)OC(=O)OC(C)(C)C)C1. The molecule has 6 heteroatoms. The summed E-state index contributed by atoms with van der Waals surface area (Å²) >= 11 is 0. The Morgan fingerprint density at radius 1 is 1.33 bits per heavy atom. The Kier molecular flexibility index (Phi) is 4.95. The van der Waals surface area contributed by atoms with Crippen molar-refractivity contribution in [2.24, 2.45) is 5.92 Å². The summed E-state index contributed by atoms with van der Waals surface area (Å²) in [5.41, 5.74) is -0.662. The van der Waals surface area contributed by atoms with Gasteiger partial charge in [-0.3, -0.25) is 0 Å². The van der Waals surface area contributed by atoms with Crippen molar-refractivity contribution in [3.8, 4) is 0 Å². The maximum Gasteiger partial charge on any atom is 0.517 e. The molecule has 0 aliphatic carbocycles. The molecule has 1 N–H and O–H groups in total. The van der Waals surface area contributed by atoms with Crippen LogP contribution in [0.4, 0.5) is 9.59 Å². The summed E-state index contributed by atoms with van der Waals surface area (Å²) in [5.74, 6) is 0.332. The molecule has 1 saturated heterocycles. The van der Waals surface area contributed by atoms with E-state index in [0.717, 1.165) is 6.54 Å². The van der Waals surface area contributed by atoms with Gasteiger partial charge >= 0.3 is 12.2 Å². The third-order valence-corrected chi connectivity index (χ3v) is 2.40. The smallest absolute Gasteiger partial charge is 0.428 e. The number of carbonyl (C=O) groups excluding carboxylic acids is 2. The second kappa shape index (κ2) is 6.04. The lowest BCUT2D eigenvalue weighted by Gasteiger charge is -2.22. The van der Waals surface area contributed by atoms with Crippen molar-refractivity contribution in [2.75, 3.05) is 26.2 Å². The zero-order valence-electron chi connectivity index (χ0n) is 11.5. The number of carbonyl (C=O) groups is 2. The van der Waals surface area contributed by atoms with Crippen molar-refractivity contribution < 1.29 is 19.1 Å². The molecule has 1 aliphatic rings. The molecule has 0 bridgehead atoms. The van der Waals surface area contributed by atoms with Crippen LogP contribution in [0.15, 0.2) is 0 Å². The number of hydrogen-bond acceptors (Lipinski definition) is 5. The van der Waals surface area contributed by atoms with E-state index >= 15 is 0 Å². The van der Waals surface area contributed by atoms with Crippen LogP contribution in [-0.2, 0) is 9.47 Å². The first-order chi connectivity index (χ1) is 8.28. The highest BCUT2D eigenvalue weighted by Gasteiger charge is 2.25. The second-order valence-electron chi connectivity index (χ2n) is 5.59. The number of ether oxygens (including phenoxy) is 2. The minimum atomic E-state index is -0.947. The molecule has 1 heterocycles. The molecule has 1 fully saturated rings. The van der Waals surface area contributed by atoms with Gasteiger partial charge in [0.25, 0.3) is 0 Å². The minimum absolute atomic E-state index is 0.332. The van der Waals surface area contributed by atoms with Crippen LogP contribution in [0.25, 0.3) is 0 Å². The number of nitrogens with zero attached hydrogens (tertiary/aromatic N) is 1. The molecule has 0 aromatic rings. The molecule has 1 rings (SSSR count). The van der Waals surface area contributed by atoms with Gasteiger partial charge in [-0.15, -0.1) is 0 Å². The fourth-order valence-electron chi connectivity index (χ4n) is 1.67. The first-order valence-corrected chi connectivity index (χ1v) is 6.18. The Labute approximate surface area is 108 Å². The van der Waals surface area contributed by atoms with Gasteiger partial charge in [-0.1, -0.05) is 6.92 Å². The molecule has 18 heavy (non-hydrogen) atoms. The van der Waals surface area contributed by atoms with Crippen molar-refractivity contribution in [1.82, 2.24) is 10.2 Å². The van der Waals surface area contributed by atoms with Crippen LogP contribution in [0, 0.1) is 5.92 Å². The number of amides is 1. The predicted octanol–water partition coefficient (Wildman–Crippen LogP) is 1.60. The van der Waals surface area contributed by atoms with E-state index in [9.17, 15) is 9.59 Å². The summed E-state index contributed by atoms with van der Waals surface area (Å²) in [6.07, 6.45) is -1.59. The summed E-state index contributed by atoms with van der Waals surface area (Å²) in [4.78, 5) is 24.7. The number of rotatable bonds is 0. The van der Waals surface area contributed by atoms with Crippen molar-refractivity contribution in [3.63, 3.8) is 0 Å². The number of nitrogens with one attached hydrogen (secondary N) is 1. The summed E-state index contributed by atoms with van der Waals surface area (Å²) in [6.45, 7) is 9.86. The molecule has 1 amide bonds. The molecule has 0 spiro atoms. The van der Waals surface area contributed by atoms with E-state index in [1.165, 1.54) is 4.90 Å². The first kappa shape index (κ1) is 14.8. The van der Waals surface area contributed by atoms with Gasteiger partial charge in [0.15, 0.2) is 0 Å². The molecule has 1 unspecified atom stereocenters. The topological polar surface area (TPSA) is 67.9 Å². The van der Waals surface area contributed by atoms with Gasteiger partial charge in [-0.05, 0) is 33.2 Å². The van der Waals surface area contributed by atoms with Crippen molar-refractivity contribution >= 4 is 12.2 Å². The minimum Gasteiger partial charge on any atom is -0.428 e. The Morgan fingerprint density at radius 2 is 2.00 bits per heavy atom. The quantitative estimate of drug-likeness (QED) is 0.528. The number of hydrogen-bond donors (Lipinski definition) is 1. The molecule has 0 aromatic carbocycles. The third-order valence-electron chi connectivity index (χ3n) is 2.40. The van der Waals surface area contributed by atoms with Crippen LogP contribution in [-0.4, -0.2) is 48.9 Å². The molecule has 1 atom stereocenters. The summed E-state index contributed by atoms with van der Waals surface area (Å²) < 4.78 is 9.60. The lowest BCUT2D eigenvalue weighted by molar-refractivity contribution is 0.00258. The van der Waals surface area contributed by atoms with E-state index in [1.807, 2.05) is 6.92 Å². The van der Waals surface area contributed by atoms with Crippen LogP contribution < -0.4 is 5.32 Å². The van der Waals surface area contributed by atoms with E-state index in [-0.39, 0.29) is 0 Å². The molecule has 6 nitrogen and oxygen atoms in total. The van der Waals surface area contributed by atoms with Gasteiger partial charge < -0.3 is 19.7 Å². The Bertz CT molecular complexity index is 312. The molecule has 1 aliphatic heterocycles. The summed E-state index contributed by atoms with van der Waals surface area (Å²) in [5, 5.41) is 3.21. The monoisotopic (exact) mass is 258 g/mol. The van der Waals surface area contributed by atoms with Crippen LogP contribution in [0.3, 0.4) is 0 Å². The largest absolute Gasteiger partial charge is 0.517 e.